The third kappa shape index (κ3) is 4.70. The van der Waals surface area contributed by atoms with Crippen LogP contribution in [-0.2, 0) is 4.79 Å². The van der Waals surface area contributed by atoms with Crippen molar-refractivity contribution in [2.75, 3.05) is 17.3 Å². The number of benzene rings is 1. The number of carbonyl (C=O) groups excluding carboxylic acids is 1. The molecule has 0 aliphatic rings. The number of nitro groups is 1. The normalized spacial score (nSPS) is 11.9. The van der Waals surface area contributed by atoms with Gasteiger partial charge >= 0.3 is 0 Å². The maximum atomic E-state index is 11.8. The Hall–Kier alpha value is -1.31. The number of nitrogens with one attached hydrogen (secondary N) is 1. The standard InChI is InChI=1S/C11H14ClN3O3S/c1-19-5-4-8(13)11(16)14-9-6-7(12)2-3-10(9)15(17)18/h2-3,6,8H,4-5,13H2,1H3,(H,14,16)/t8-/m1/s1. The van der Waals surface area contributed by atoms with Crippen molar-refractivity contribution in [3.8, 4) is 0 Å². The van der Waals surface area contributed by atoms with Crippen molar-refractivity contribution in [3.05, 3.63) is 33.3 Å². The average molecular weight is 304 g/mol. The summed E-state index contributed by atoms with van der Waals surface area (Å²) < 4.78 is 0. The third-order valence-corrected chi connectivity index (χ3v) is 3.26. The summed E-state index contributed by atoms with van der Waals surface area (Å²) in [7, 11) is 0. The number of amides is 1. The highest BCUT2D eigenvalue weighted by molar-refractivity contribution is 7.98. The van der Waals surface area contributed by atoms with Crippen LogP contribution in [-0.4, -0.2) is 28.9 Å². The van der Waals surface area contributed by atoms with Gasteiger partial charge in [0.1, 0.15) is 5.69 Å². The number of nitrogens with zero attached hydrogens (tertiary/aromatic N) is 1. The number of hydrogen-bond acceptors (Lipinski definition) is 5. The predicted octanol–water partition coefficient (Wildman–Crippen LogP) is 2.27. The van der Waals surface area contributed by atoms with Crippen LogP contribution in [0.25, 0.3) is 0 Å². The Morgan fingerprint density at radius 2 is 2.32 bits per heavy atom. The first-order valence-electron chi connectivity index (χ1n) is 5.45. The molecule has 104 valence electrons. The molecule has 1 aromatic carbocycles. The van der Waals surface area contributed by atoms with Gasteiger partial charge in [0.2, 0.25) is 5.91 Å². The first kappa shape index (κ1) is 15.7. The van der Waals surface area contributed by atoms with Gasteiger partial charge in [0.05, 0.1) is 11.0 Å². The second-order valence-corrected chi connectivity index (χ2v) is 5.22. The molecular weight excluding hydrogens is 290 g/mol. The van der Waals surface area contributed by atoms with E-state index in [4.69, 9.17) is 17.3 Å². The van der Waals surface area contributed by atoms with Crippen LogP contribution in [0.1, 0.15) is 6.42 Å². The van der Waals surface area contributed by atoms with Crippen molar-refractivity contribution >= 4 is 40.6 Å². The van der Waals surface area contributed by atoms with Crippen molar-refractivity contribution in [2.24, 2.45) is 5.73 Å². The number of nitrogens with two attached hydrogens (primary N) is 1. The van der Waals surface area contributed by atoms with E-state index in [-0.39, 0.29) is 11.4 Å². The molecule has 0 bridgehead atoms. The van der Waals surface area contributed by atoms with Gasteiger partial charge in [0, 0.05) is 11.1 Å². The fraction of sp³-hybridized carbons (Fsp3) is 0.364. The third-order valence-electron chi connectivity index (χ3n) is 2.38. The summed E-state index contributed by atoms with van der Waals surface area (Å²) in [5.74, 6) is 0.283. The number of thioether (sulfide) groups is 1. The van der Waals surface area contributed by atoms with Gasteiger partial charge in [-0.15, -0.1) is 0 Å². The topological polar surface area (TPSA) is 98.3 Å². The minimum Gasteiger partial charge on any atom is -0.320 e. The molecule has 1 aromatic rings. The fourth-order valence-corrected chi connectivity index (χ4v) is 2.03. The summed E-state index contributed by atoms with van der Waals surface area (Å²) in [6, 6.07) is 3.26. The minimum absolute atomic E-state index is 0.0575. The first-order chi connectivity index (χ1) is 8.95. The van der Waals surface area contributed by atoms with Crippen molar-refractivity contribution in [1.82, 2.24) is 0 Å². The largest absolute Gasteiger partial charge is 0.320 e. The Balaban J connectivity index is 2.83. The van der Waals surface area contributed by atoms with Crippen LogP contribution < -0.4 is 11.1 Å². The summed E-state index contributed by atoms with van der Waals surface area (Å²) >= 11 is 7.33. The molecule has 0 spiro atoms. The second-order valence-electron chi connectivity index (χ2n) is 3.80. The predicted molar refractivity (Wildman–Crippen MR) is 77.7 cm³/mol. The molecule has 1 amide bonds. The zero-order chi connectivity index (χ0) is 14.4. The van der Waals surface area contributed by atoms with Gasteiger partial charge in [-0.3, -0.25) is 14.9 Å². The van der Waals surface area contributed by atoms with Gasteiger partial charge in [-0.05, 0) is 30.6 Å². The average Bonchev–Trinajstić information content (AvgIpc) is 2.35. The maximum Gasteiger partial charge on any atom is 0.292 e. The smallest absolute Gasteiger partial charge is 0.292 e. The molecule has 1 atom stereocenters. The lowest BCUT2D eigenvalue weighted by Gasteiger charge is -2.11. The van der Waals surface area contributed by atoms with Gasteiger partial charge in [-0.25, -0.2) is 0 Å². The molecule has 0 heterocycles. The van der Waals surface area contributed by atoms with Gasteiger partial charge < -0.3 is 11.1 Å². The van der Waals surface area contributed by atoms with Crippen molar-refractivity contribution < 1.29 is 9.72 Å². The van der Waals surface area contributed by atoms with Crippen LogP contribution in [0.5, 0.6) is 0 Å². The number of rotatable bonds is 6. The molecule has 0 fully saturated rings. The molecule has 0 aliphatic heterocycles. The van der Waals surface area contributed by atoms with Crippen LogP contribution in [0.3, 0.4) is 0 Å². The minimum atomic E-state index is -0.703. The van der Waals surface area contributed by atoms with Crippen LogP contribution >= 0.6 is 23.4 Å². The number of anilines is 1. The van der Waals surface area contributed by atoms with Crippen molar-refractivity contribution in [3.63, 3.8) is 0 Å². The number of nitro benzene ring substituents is 1. The van der Waals surface area contributed by atoms with Gasteiger partial charge in [-0.2, -0.15) is 11.8 Å². The summed E-state index contributed by atoms with van der Waals surface area (Å²) in [6.45, 7) is 0. The highest BCUT2D eigenvalue weighted by Gasteiger charge is 2.19. The Labute approximate surface area is 119 Å². The molecule has 1 rings (SSSR count). The molecule has 8 heteroatoms. The Bertz CT molecular complexity index is 484. The molecule has 0 unspecified atom stereocenters. The van der Waals surface area contributed by atoms with Crippen LogP contribution in [0.2, 0.25) is 5.02 Å². The highest BCUT2D eigenvalue weighted by atomic mass is 35.5. The molecule has 0 aromatic heterocycles. The SMILES string of the molecule is CSCC[C@@H](N)C(=O)Nc1cc(Cl)ccc1[N+](=O)[O-]. The summed E-state index contributed by atoms with van der Waals surface area (Å²) in [5.41, 5.74) is 5.53. The fourth-order valence-electron chi connectivity index (χ4n) is 1.37. The maximum absolute atomic E-state index is 11.8. The molecule has 19 heavy (non-hydrogen) atoms. The quantitative estimate of drug-likeness (QED) is 0.620. The number of carbonyl (C=O) groups is 1. The summed E-state index contributed by atoms with van der Waals surface area (Å²) in [6.07, 6.45) is 2.41. The molecular formula is C11H14ClN3O3S. The van der Waals surface area contributed by atoms with E-state index in [1.54, 1.807) is 11.8 Å². The van der Waals surface area contributed by atoms with Crippen LogP contribution in [0, 0.1) is 10.1 Å². The molecule has 0 radical (unpaired) electrons. The zero-order valence-corrected chi connectivity index (χ0v) is 11.8. The Kier molecular flexibility index (Phi) is 6.07. The lowest BCUT2D eigenvalue weighted by Crippen LogP contribution is -2.36. The lowest BCUT2D eigenvalue weighted by molar-refractivity contribution is -0.383. The molecule has 0 saturated heterocycles. The van der Waals surface area contributed by atoms with E-state index in [9.17, 15) is 14.9 Å². The van der Waals surface area contributed by atoms with Crippen molar-refractivity contribution in [1.29, 1.82) is 0 Å². The summed E-state index contributed by atoms with van der Waals surface area (Å²) in [5, 5.41) is 13.6. The first-order valence-corrected chi connectivity index (χ1v) is 7.22. The molecule has 6 nitrogen and oxygen atoms in total. The second kappa shape index (κ2) is 7.32. The Morgan fingerprint density at radius 1 is 1.63 bits per heavy atom. The van der Waals surface area contributed by atoms with Crippen LogP contribution in [0.4, 0.5) is 11.4 Å². The van der Waals surface area contributed by atoms with Crippen molar-refractivity contribution in [2.45, 2.75) is 12.5 Å². The van der Waals surface area contributed by atoms with E-state index in [1.807, 2.05) is 6.26 Å². The Morgan fingerprint density at radius 3 is 2.89 bits per heavy atom. The van der Waals surface area contributed by atoms with Gasteiger partial charge in [-0.1, -0.05) is 11.6 Å². The monoisotopic (exact) mass is 303 g/mol. The van der Waals surface area contributed by atoms with E-state index < -0.39 is 16.9 Å². The molecule has 3 N–H and O–H groups in total. The summed E-state index contributed by atoms with van der Waals surface area (Å²) in [4.78, 5) is 22.0. The number of halogens is 1. The van der Waals surface area contributed by atoms with Crippen LogP contribution in [0.15, 0.2) is 18.2 Å². The molecule has 0 saturated carbocycles. The lowest BCUT2D eigenvalue weighted by atomic mass is 10.2. The number of hydrogen-bond donors (Lipinski definition) is 2. The van der Waals surface area contributed by atoms with E-state index >= 15 is 0 Å². The van der Waals surface area contributed by atoms with Gasteiger partial charge in [0.25, 0.3) is 5.69 Å². The van der Waals surface area contributed by atoms with E-state index in [2.05, 4.69) is 5.32 Å². The van der Waals surface area contributed by atoms with E-state index in [0.717, 1.165) is 5.75 Å². The van der Waals surface area contributed by atoms with E-state index in [1.165, 1.54) is 18.2 Å². The molecule has 0 aliphatic carbocycles. The van der Waals surface area contributed by atoms with Gasteiger partial charge in [0.15, 0.2) is 0 Å². The highest BCUT2D eigenvalue weighted by Crippen LogP contribution is 2.27. The van der Waals surface area contributed by atoms with E-state index in [0.29, 0.717) is 11.4 Å². The zero-order valence-electron chi connectivity index (χ0n) is 10.3.